The van der Waals surface area contributed by atoms with E-state index in [2.05, 4.69) is 21.1 Å². The fourth-order valence-corrected chi connectivity index (χ4v) is 3.50. The average molecular weight is 347 g/mol. The third kappa shape index (κ3) is 3.64. The molecule has 26 heavy (non-hydrogen) atoms. The van der Waals surface area contributed by atoms with Crippen LogP contribution in [0.2, 0.25) is 0 Å². The lowest BCUT2D eigenvalue weighted by molar-refractivity contribution is 0.0673. The molecule has 6 nitrogen and oxygen atoms in total. The van der Waals surface area contributed by atoms with Crippen molar-refractivity contribution in [1.29, 1.82) is 0 Å². The molecule has 0 N–H and O–H groups in total. The van der Waals surface area contributed by atoms with Crippen LogP contribution in [-0.4, -0.2) is 43.6 Å². The normalized spacial score (nSPS) is 17.2. The first-order valence-electron chi connectivity index (χ1n) is 8.94. The lowest BCUT2D eigenvalue weighted by atomic mass is 9.91. The highest BCUT2D eigenvalue weighted by Crippen LogP contribution is 2.22. The molecule has 1 saturated heterocycles. The summed E-state index contributed by atoms with van der Waals surface area (Å²) in [7, 11) is 0. The Hall–Kier alpha value is -3.02. The Morgan fingerprint density at radius 1 is 1.15 bits per heavy atom. The first kappa shape index (κ1) is 16.4. The summed E-state index contributed by atoms with van der Waals surface area (Å²) in [4.78, 5) is 23.4. The van der Waals surface area contributed by atoms with E-state index in [1.165, 1.54) is 5.56 Å². The minimum atomic E-state index is 0.0559. The molecule has 1 amide bonds. The van der Waals surface area contributed by atoms with Crippen LogP contribution in [0.5, 0.6) is 0 Å². The quantitative estimate of drug-likeness (QED) is 0.728. The van der Waals surface area contributed by atoms with Gasteiger partial charge < -0.3 is 4.90 Å². The lowest BCUT2D eigenvalue weighted by Gasteiger charge is -2.33. The lowest BCUT2D eigenvalue weighted by Crippen LogP contribution is -2.40. The van der Waals surface area contributed by atoms with Crippen molar-refractivity contribution in [3.05, 3.63) is 72.4 Å². The molecule has 0 aromatic carbocycles. The van der Waals surface area contributed by atoms with Crippen molar-refractivity contribution in [1.82, 2.24) is 24.6 Å². The van der Waals surface area contributed by atoms with Crippen LogP contribution in [0.25, 0.3) is 5.82 Å². The number of aromatic nitrogens is 4. The molecule has 3 aromatic heterocycles. The van der Waals surface area contributed by atoms with Gasteiger partial charge in [-0.05, 0) is 55.0 Å². The van der Waals surface area contributed by atoms with E-state index >= 15 is 0 Å². The van der Waals surface area contributed by atoms with Crippen LogP contribution < -0.4 is 0 Å². The molecule has 1 atom stereocenters. The SMILES string of the molecule is O=C(c1ccc(-n2cccn2)nc1)N1CCCC(Cc2cccnc2)C1. The minimum absolute atomic E-state index is 0.0559. The van der Waals surface area contributed by atoms with Crippen LogP contribution in [0, 0.1) is 5.92 Å². The largest absolute Gasteiger partial charge is 0.338 e. The summed E-state index contributed by atoms with van der Waals surface area (Å²) in [5.74, 6) is 1.24. The summed E-state index contributed by atoms with van der Waals surface area (Å²) >= 11 is 0. The third-order valence-corrected chi connectivity index (χ3v) is 4.79. The van der Waals surface area contributed by atoms with E-state index in [-0.39, 0.29) is 5.91 Å². The zero-order chi connectivity index (χ0) is 17.8. The maximum absolute atomic E-state index is 12.8. The number of hydrogen-bond donors (Lipinski definition) is 0. The van der Waals surface area contributed by atoms with Crippen molar-refractivity contribution in [2.24, 2.45) is 5.92 Å². The minimum Gasteiger partial charge on any atom is -0.338 e. The maximum atomic E-state index is 12.8. The van der Waals surface area contributed by atoms with Gasteiger partial charge in [-0.3, -0.25) is 9.78 Å². The highest BCUT2D eigenvalue weighted by atomic mass is 16.2. The number of likely N-dealkylation sites (tertiary alicyclic amines) is 1. The van der Waals surface area contributed by atoms with Gasteiger partial charge in [0.15, 0.2) is 5.82 Å². The topological polar surface area (TPSA) is 63.9 Å². The first-order valence-corrected chi connectivity index (χ1v) is 8.94. The van der Waals surface area contributed by atoms with Gasteiger partial charge >= 0.3 is 0 Å². The fraction of sp³-hybridized carbons (Fsp3) is 0.300. The molecule has 1 unspecified atom stereocenters. The van der Waals surface area contributed by atoms with Gasteiger partial charge in [0.25, 0.3) is 5.91 Å². The number of pyridine rings is 2. The van der Waals surface area contributed by atoms with Gasteiger partial charge in [-0.15, -0.1) is 0 Å². The second-order valence-electron chi connectivity index (χ2n) is 6.68. The molecule has 0 saturated carbocycles. The smallest absolute Gasteiger partial charge is 0.255 e. The number of hydrogen-bond acceptors (Lipinski definition) is 4. The van der Waals surface area contributed by atoms with Crippen LogP contribution in [-0.2, 0) is 6.42 Å². The number of piperidine rings is 1. The van der Waals surface area contributed by atoms with Crippen LogP contribution in [0.3, 0.4) is 0 Å². The van der Waals surface area contributed by atoms with Gasteiger partial charge in [-0.1, -0.05) is 6.07 Å². The predicted octanol–water partition coefficient (Wildman–Crippen LogP) is 2.76. The zero-order valence-corrected chi connectivity index (χ0v) is 14.5. The van der Waals surface area contributed by atoms with Crippen molar-refractivity contribution in [2.75, 3.05) is 13.1 Å². The third-order valence-electron chi connectivity index (χ3n) is 4.79. The van der Waals surface area contributed by atoms with Gasteiger partial charge in [0, 0.05) is 44.1 Å². The van der Waals surface area contributed by atoms with Gasteiger partial charge in [-0.2, -0.15) is 5.10 Å². The van der Waals surface area contributed by atoms with Crippen molar-refractivity contribution in [3.8, 4) is 5.82 Å². The molecule has 4 rings (SSSR count). The highest BCUT2D eigenvalue weighted by molar-refractivity contribution is 5.94. The van der Waals surface area contributed by atoms with E-state index in [0.29, 0.717) is 17.3 Å². The highest BCUT2D eigenvalue weighted by Gasteiger charge is 2.25. The van der Waals surface area contributed by atoms with Gasteiger partial charge in [0.2, 0.25) is 0 Å². The molecular weight excluding hydrogens is 326 g/mol. The molecule has 1 fully saturated rings. The summed E-state index contributed by atoms with van der Waals surface area (Å²) in [5, 5.41) is 4.15. The zero-order valence-electron chi connectivity index (χ0n) is 14.5. The van der Waals surface area contributed by atoms with Crippen LogP contribution >= 0.6 is 0 Å². The molecule has 1 aliphatic heterocycles. The van der Waals surface area contributed by atoms with Crippen molar-refractivity contribution < 1.29 is 4.79 Å². The average Bonchev–Trinajstić information content (AvgIpc) is 3.23. The Kier molecular flexibility index (Phi) is 4.73. The van der Waals surface area contributed by atoms with Crippen molar-refractivity contribution in [2.45, 2.75) is 19.3 Å². The van der Waals surface area contributed by atoms with Crippen LogP contribution in [0.4, 0.5) is 0 Å². The summed E-state index contributed by atoms with van der Waals surface area (Å²) in [5.41, 5.74) is 1.86. The molecule has 6 heteroatoms. The molecule has 0 aliphatic carbocycles. The summed E-state index contributed by atoms with van der Waals surface area (Å²) in [6, 6.07) is 9.57. The predicted molar refractivity (Wildman–Crippen MR) is 97.9 cm³/mol. The molecule has 0 spiro atoms. The molecule has 4 heterocycles. The first-order chi connectivity index (χ1) is 12.8. The monoisotopic (exact) mass is 347 g/mol. The molecular formula is C20H21N5O. The van der Waals surface area contributed by atoms with Gasteiger partial charge in [0.05, 0.1) is 5.56 Å². The Balaban J connectivity index is 1.42. The Morgan fingerprint density at radius 2 is 2.12 bits per heavy atom. The molecule has 132 valence electrons. The number of rotatable bonds is 4. The van der Waals surface area contributed by atoms with Crippen LogP contribution in [0.1, 0.15) is 28.8 Å². The second kappa shape index (κ2) is 7.47. The standard InChI is InChI=1S/C20H21N5O/c26-20(18-6-7-19(22-14-18)25-11-3-9-23-25)24-10-2-5-17(15-24)12-16-4-1-8-21-13-16/h1,3-4,6-9,11,13-14,17H,2,5,10,12,15H2. The van der Waals surface area contributed by atoms with E-state index in [1.807, 2.05) is 41.6 Å². The van der Waals surface area contributed by atoms with Crippen LogP contribution in [0.15, 0.2) is 61.3 Å². The Morgan fingerprint density at radius 3 is 2.85 bits per heavy atom. The number of amides is 1. The number of carbonyl (C=O) groups excluding carboxylic acids is 1. The summed E-state index contributed by atoms with van der Waals surface area (Å²) < 4.78 is 1.68. The van der Waals surface area contributed by atoms with Gasteiger partial charge in [0.1, 0.15) is 0 Å². The maximum Gasteiger partial charge on any atom is 0.255 e. The van der Waals surface area contributed by atoms with E-state index in [4.69, 9.17) is 0 Å². The molecule has 0 bridgehead atoms. The Labute approximate surface area is 152 Å². The molecule has 1 aliphatic rings. The second-order valence-corrected chi connectivity index (χ2v) is 6.68. The summed E-state index contributed by atoms with van der Waals surface area (Å²) in [6.07, 6.45) is 12.0. The van der Waals surface area contributed by atoms with Crippen molar-refractivity contribution >= 4 is 5.91 Å². The van der Waals surface area contributed by atoms with Crippen molar-refractivity contribution in [3.63, 3.8) is 0 Å². The van der Waals surface area contributed by atoms with E-state index < -0.39 is 0 Å². The molecule has 0 radical (unpaired) electrons. The fourth-order valence-electron chi connectivity index (χ4n) is 3.50. The van der Waals surface area contributed by atoms with E-state index in [0.717, 1.165) is 32.4 Å². The summed E-state index contributed by atoms with van der Waals surface area (Å²) in [6.45, 7) is 1.60. The van der Waals surface area contributed by atoms with E-state index in [9.17, 15) is 4.79 Å². The van der Waals surface area contributed by atoms with E-state index in [1.54, 1.807) is 23.3 Å². The number of nitrogens with zero attached hydrogens (tertiary/aromatic N) is 5. The number of carbonyl (C=O) groups is 1. The molecule has 3 aromatic rings. The Bertz CT molecular complexity index is 846. The van der Waals surface area contributed by atoms with Gasteiger partial charge in [-0.25, -0.2) is 9.67 Å².